The minimum absolute atomic E-state index is 0.0976. The topological polar surface area (TPSA) is 35.8 Å². The second-order valence-electron chi connectivity index (χ2n) is 8.55. The number of terminal acetylenes is 1. The van der Waals surface area contributed by atoms with Crippen LogP contribution in [-0.4, -0.2) is 7.05 Å². The molecule has 200 valence electrons. The fraction of sp³-hybridized carbons (Fsp3) is 0.156. The number of benzene rings is 3. The third-order valence-corrected chi connectivity index (χ3v) is 5.69. The van der Waals surface area contributed by atoms with E-state index < -0.39 is 17.7 Å². The van der Waals surface area contributed by atoms with Gasteiger partial charge in [-0.1, -0.05) is 54.6 Å². The van der Waals surface area contributed by atoms with Crippen LogP contribution in [0.3, 0.4) is 0 Å². The van der Waals surface area contributed by atoms with Crippen molar-refractivity contribution in [3.63, 3.8) is 0 Å². The lowest BCUT2D eigenvalue weighted by molar-refractivity contribution is -0.137. The zero-order valence-electron chi connectivity index (χ0n) is 21.7. The Hall–Kier alpha value is -4.62. The van der Waals surface area contributed by atoms with E-state index in [0.29, 0.717) is 28.0 Å². The number of nitriles is 1. The van der Waals surface area contributed by atoms with E-state index in [9.17, 15) is 27.2 Å². The molecule has 2 nitrogen and oxygen atoms in total. The lowest BCUT2D eigenvalue weighted by Crippen LogP contribution is -2.06. The standard InChI is InChI=1S/C30H25F5N2.C2H2/c1-20(28(19-36)37-3)25-15-23(12-10-21-6-4-8-26(17-21)29(2,31)32)14-24(16-25)13-11-22-7-5-9-27(18-22)30(33,34)35;1-2/h4-18,37H,1-3H3;1-2H/b12-10+,13-11+,28-20+;. The molecule has 0 aliphatic carbocycles. The molecule has 0 aromatic heterocycles. The molecular formula is C32H27F5N2. The molecule has 0 aliphatic heterocycles. The zero-order chi connectivity index (χ0) is 29.2. The van der Waals surface area contributed by atoms with E-state index in [4.69, 9.17) is 0 Å². The van der Waals surface area contributed by atoms with Gasteiger partial charge in [-0.3, -0.25) is 0 Å². The highest BCUT2D eigenvalue weighted by Crippen LogP contribution is 2.31. The molecule has 3 rings (SSSR count). The number of alkyl halides is 5. The lowest BCUT2D eigenvalue weighted by Gasteiger charge is -2.11. The van der Waals surface area contributed by atoms with Gasteiger partial charge < -0.3 is 5.32 Å². The molecule has 0 saturated heterocycles. The van der Waals surface area contributed by atoms with Gasteiger partial charge in [0.05, 0.1) is 5.56 Å². The van der Waals surface area contributed by atoms with Crippen LogP contribution in [0.25, 0.3) is 29.9 Å². The minimum Gasteiger partial charge on any atom is -0.379 e. The molecule has 0 heterocycles. The van der Waals surface area contributed by atoms with Crippen molar-refractivity contribution in [1.82, 2.24) is 5.32 Å². The summed E-state index contributed by atoms with van der Waals surface area (Å²) in [5, 5.41) is 12.3. The first-order valence-electron chi connectivity index (χ1n) is 11.7. The number of hydrogen-bond acceptors (Lipinski definition) is 2. The van der Waals surface area contributed by atoms with Crippen LogP contribution in [0.2, 0.25) is 0 Å². The highest BCUT2D eigenvalue weighted by atomic mass is 19.4. The van der Waals surface area contributed by atoms with E-state index >= 15 is 0 Å². The van der Waals surface area contributed by atoms with Crippen LogP contribution < -0.4 is 5.32 Å². The van der Waals surface area contributed by atoms with Crippen LogP contribution in [0.4, 0.5) is 22.0 Å². The Morgan fingerprint density at radius 3 is 1.67 bits per heavy atom. The van der Waals surface area contributed by atoms with Gasteiger partial charge in [0, 0.05) is 19.5 Å². The molecule has 0 spiro atoms. The normalized spacial score (nSPS) is 12.4. The van der Waals surface area contributed by atoms with Crippen LogP contribution in [0.1, 0.15) is 52.8 Å². The van der Waals surface area contributed by atoms with Crippen LogP contribution in [0.15, 0.2) is 72.4 Å². The minimum atomic E-state index is -4.44. The van der Waals surface area contributed by atoms with Crippen LogP contribution in [-0.2, 0) is 12.1 Å². The molecule has 0 unspecified atom stereocenters. The fourth-order valence-corrected chi connectivity index (χ4v) is 3.68. The Balaban J connectivity index is 0.00000260. The molecule has 0 fully saturated rings. The molecular weight excluding hydrogens is 507 g/mol. The highest BCUT2D eigenvalue weighted by Gasteiger charge is 2.30. The molecule has 0 amide bonds. The Morgan fingerprint density at radius 2 is 1.23 bits per heavy atom. The van der Waals surface area contributed by atoms with Gasteiger partial charge in [-0.15, -0.1) is 12.8 Å². The van der Waals surface area contributed by atoms with Gasteiger partial charge >= 0.3 is 6.18 Å². The van der Waals surface area contributed by atoms with Crippen LogP contribution >= 0.6 is 0 Å². The summed E-state index contributed by atoms with van der Waals surface area (Å²) in [4.78, 5) is 0. The van der Waals surface area contributed by atoms with Gasteiger partial charge in [0.1, 0.15) is 11.8 Å². The van der Waals surface area contributed by atoms with Gasteiger partial charge in [0.25, 0.3) is 5.92 Å². The second-order valence-corrected chi connectivity index (χ2v) is 8.55. The molecule has 3 aromatic carbocycles. The quantitative estimate of drug-likeness (QED) is 0.142. The Morgan fingerprint density at radius 1 is 0.769 bits per heavy atom. The summed E-state index contributed by atoms with van der Waals surface area (Å²) in [6.45, 7) is 2.62. The summed E-state index contributed by atoms with van der Waals surface area (Å²) in [5.41, 5.74) is 3.33. The van der Waals surface area contributed by atoms with E-state index in [1.54, 1.807) is 56.5 Å². The van der Waals surface area contributed by atoms with Gasteiger partial charge in [-0.05, 0) is 76.7 Å². The Kier molecular flexibility index (Phi) is 10.4. The summed E-state index contributed by atoms with van der Waals surface area (Å²) in [6.07, 6.45) is 10.3. The number of nitrogens with one attached hydrogen (secondary N) is 1. The molecule has 0 saturated carbocycles. The molecule has 0 atom stereocenters. The first-order valence-corrected chi connectivity index (χ1v) is 11.7. The predicted octanol–water partition coefficient (Wildman–Crippen LogP) is 8.88. The van der Waals surface area contributed by atoms with Crippen molar-refractivity contribution in [2.75, 3.05) is 7.05 Å². The van der Waals surface area contributed by atoms with Crippen molar-refractivity contribution >= 4 is 29.9 Å². The van der Waals surface area contributed by atoms with E-state index in [0.717, 1.165) is 30.2 Å². The van der Waals surface area contributed by atoms with Crippen molar-refractivity contribution in [3.8, 4) is 18.9 Å². The van der Waals surface area contributed by atoms with Crippen molar-refractivity contribution < 1.29 is 22.0 Å². The molecule has 1 N–H and O–H groups in total. The Labute approximate surface area is 225 Å². The van der Waals surface area contributed by atoms with E-state index in [-0.39, 0.29) is 5.56 Å². The summed E-state index contributed by atoms with van der Waals surface area (Å²) < 4.78 is 66.7. The lowest BCUT2D eigenvalue weighted by atomic mass is 9.97. The van der Waals surface area contributed by atoms with Crippen molar-refractivity contribution in [2.24, 2.45) is 0 Å². The van der Waals surface area contributed by atoms with Crippen molar-refractivity contribution in [2.45, 2.75) is 25.9 Å². The Bertz CT molecular complexity index is 1360. The maximum atomic E-state index is 13.7. The molecule has 0 radical (unpaired) electrons. The average Bonchev–Trinajstić information content (AvgIpc) is 2.92. The molecule has 3 aromatic rings. The maximum Gasteiger partial charge on any atom is 0.416 e. The van der Waals surface area contributed by atoms with Crippen molar-refractivity contribution in [3.05, 3.63) is 111 Å². The van der Waals surface area contributed by atoms with Gasteiger partial charge in [0.2, 0.25) is 0 Å². The molecule has 7 heteroatoms. The van der Waals surface area contributed by atoms with Gasteiger partial charge in [-0.25, -0.2) is 8.78 Å². The number of nitrogens with zero attached hydrogens (tertiary/aromatic N) is 1. The smallest absolute Gasteiger partial charge is 0.379 e. The highest BCUT2D eigenvalue weighted by molar-refractivity contribution is 5.79. The maximum absolute atomic E-state index is 13.7. The zero-order valence-corrected chi connectivity index (χ0v) is 21.7. The monoisotopic (exact) mass is 534 g/mol. The van der Waals surface area contributed by atoms with Gasteiger partial charge in [0.15, 0.2) is 0 Å². The third kappa shape index (κ3) is 8.72. The molecule has 0 aliphatic rings. The second kappa shape index (κ2) is 13.3. The number of hydrogen-bond donors (Lipinski definition) is 1. The van der Waals surface area contributed by atoms with Crippen LogP contribution in [0, 0.1) is 24.2 Å². The SMILES string of the molecule is C#C.CN/C(C#N)=C(\C)c1cc(/C=C/c2cccc(C(C)(F)F)c2)cc(/C=C/c2cccc(C(F)(F)F)c2)c1. The van der Waals surface area contributed by atoms with E-state index in [1.807, 2.05) is 18.2 Å². The number of rotatable bonds is 7. The fourth-order valence-electron chi connectivity index (χ4n) is 3.68. The first-order chi connectivity index (χ1) is 18.4. The summed E-state index contributed by atoms with van der Waals surface area (Å²) in [5.74, 6) is -2.96. The first kappa shape index (κ1) is 30.6. The summed E-state index contributed by atoms with van der Waals surface area (Å²) in [6, 6.07) is 18.6. The van der Waals surface area contributed by atoms with Gasteiger partial charge in [-0.2, -0.15) is 18.4 Å². The van der Waals surface area contributed by atoms with E-state index in [2.05, 4.69) is 24.2 Å². The summed E-state index contributed by atoms with van der Waals surface area (Å²) >= 11 is 0. The third-order valence-electron chi connectivity index (χ3n) is 5.69. The van der Waals surface area contributed by atoms with Crippen LogP contribution in [0.5, 0.6) is 0 Å². The number of allylic oxidation sites excluding steroid dienone is 2. The summed E-state index contributed by atoms with van der Waals surface area (Å²) in [7, 11) is 1.64. The molecule has 0 bridgehead atoms. The largest absolute Gasteiger partial charge is 0.416 e. The predicted molar refractivity (Wildman–Crippen MR) is 149 cm³/mol. The molecule has 39 heavy (non-hydrogen) atoms. The van der Waals surface area contributed by atoms with E-state index in [1.165, 1.54) is 18.2 Å². The number of halogens is 5. The van der Waals surface area contributed by atoms with Crippen molar-refractivity contribution in [1.29, 1.82) is 5.26 Å². The average molecular weight is 535 g/mol.